The van der Waals surface area contributed by atoms with E-state index in [4.69, 9.17) is 34.8 Å². The SMILES string of the molecule is CC(C(=O)NCc1ccccc1Cl)N1C(=O)c2cc(Cl)c(Cl)cc2C1=O. The molecule has 1 aliphatic heterocycles. The van der Waals surface area contributed by atoms with Crippen LogP contribution in [0.25, 0.3) is 0 Å². The topological polar surface area (TPSA) is 66.5 Å². The van der Waals surface area contributed by atoms with E-state index in [0.717, 1.165) is 10.5 Å². The maximum atomic E-state index is 12.5. The van der Waals surface area contributed by atoms with Gasteiger partial charge in [-0.2, -0.15) is 0 Å². The van der Waals surface area contributed by atoms with Gasteiger partial charge in [0.15, 0.2) is 0 Å². The number of rotatable bonds is 4. The first-order chi connectivity index (χ1) is 12.3. The van der Waals surface area contributed by atoms with Gasteiger partial charge in [0, 0.05) is 11.6 Å². The van der Waals surface area contributed by atoms with Gasteiger partial charge < -0.3 is 5.32 Å². The molecule has 134 valence electrons. The number of imide groups is 1. The molecule has 3 rings (SSSR count). The minimum atomic E-state index is -0.998. The largest absolute Gasteiger partial charge is 0.350 e. The van der Waals surface area contributed by atoms with E-state index in [-0.39, 0.29) is 27.7 Å². The number of nitrogens with one attached hydrogen (secondary N) is 1. The smallest absolute Gasteiger partial charge is 0.262 e. The van der Waals surface area contributed by atoms with Gasteiger partial charge in [-0.05, 0) is 30.7 Å². The summed E-state index contributed by atoms with van der Waals surface area (Å²) in [5.74, 6) is -1.63. The Morgan fingerprint density at radius 3 is 2.08 bits per heavy atom. The van der Waals surface area contributed by atoms with Gasteiger partial charge in [0.25, 0.3) is 11.8 Å². The lowest BCUT2D eigenvalue weighted by atomic mass is 10.1. The van der Waals surface area contributed by atoms with Crippen molar-refractivity contribution in [2.24, 2.45) is 0 Å². The molecule has 1 unspecified atom stereocenters. The summed E-state index contributed by atoms with van der Waals surface area (Å²) >= 11 is 17.9. The molecule has 0 aromatic heterocycles. The number of hydrogen-bond acceptors (Lipinski definition) is 3. The molecule has 3 amide bonds. The lowest BCUT2D eigenvalue weighted by Crippen LogP contribution is -2.47. The molecule has 26 heavy (non-hydrogen) atoms. The average molecular weight is 412 g/mol. The van der Waals surface area contributed by atoms with Crippen molar-refractivity contribution in [3.05, 3.63) is 68.2 Å². The fraction of sp³-hybridized carbons (Fsp3) is 0.167. The van der Waals surface area contributed by atoms with Crippen LogP contribution in [-0.2, 0) is 11.3 Å². The Hall–Kier alpha value is -2.08. The Labute approximate surface area is 164 Å². The van der Waals surface area contributed by atoms with Crippen LogP contribution in [0.1, 0.15) is 33.2 Å². The van der Waals surface area contributed by atoms with Gasteiger partial charge in [0.05, 0.1) is 21.2 Å². The molecule has 1 aliphatic rings. The number of amides is 3. The molecule has 5 nitrogen and oxygen atoms in total. The van der Waals surface area contributed by atoms with E-state index in [1.165, 1.54) is 19.1 Å². The molecule has 8 heteroatoms. The number of carbonyl (C=O) groups is 3. The van der Waals surface area contributed by atoms with Crippen molar-refractivity contribution in [3.8, 4) is 0 Å². The monoisotopic (exact) mass is 410 g/mol. The highest BCUT2D eigenvalue weighted by molar-refractivity contribution is 6.43. The van der Waals surface area contributed by atoms with Crippen molar-refractivity contribution in [1.82, 2.24) is 10.2 Å². The second-order valence-electron chi connectivity index (χ2n) is 5.78. The minimum Gasteiger partial charge on any atom is -0.350 e. The highest BCUT2D eigenvalue weighted by atomic mass is 35.5. The lowest BCUT2D eigenvalue weighted by molar-refractivity contribution is -0.124. The molecular formula is C18H13Cl3N2O3. The normalized spacial score (nSPS) is 14.4. The van der Waals surface area contributed by atoms with Crippen LogP contribution in [0.4, 0.5) is 0 Å². The number of halogens is 3. The fourth-order valence-electron chi connectivity index (χ4n) is 2.69. The molecular weight excluding hydrogens is 399 g/mol. The summed E-state index contributed by atoms with van der Waals surface area (Å²) in [6.45, 7) is 1.66. The van der Waals surface area contributed by atoms with Crippen LogP contribution in [0.3, 0.4) is 0 Å². The molecule has 0 aliphatic carbocycles. The van der Waals surface area contributed by atoms with Crippen LogP contribution in [0.15, 0.2) is 36.4 Å². The van der Waals surface area contributed by atoms with Crippen molar-refractivity contribution in [1.29, 1.82) is 0 Å². The number of carbonyl (C=O) groups excluding carboxylic acids is 3. The maximum Gasteiger partial charge on any atom is 0.262 e. The van der Waals surface area contributed by atoms with E-state index in [2.05, 4.69) is 5.32 Å². The van der Waals surface area contributed by atoms with Crippen LogP contribution in [0.5, 0.6) is 0 Å². The molecule has 1 atom stereocenters. The first-order valence-corrected chi connectivity index (χ1v) is 8.82. The Morgan fingerprint density at radius 2 is 1.54 bits per heavy atom. The first kappa shape index (κ1) is 18.7. The molecule has 0 bridgehead atoms. The minimum absolute atomic E-state index is 0.134. The van der Waals surface area contributed by atoms with Crippen molar-refractivity contribution < 1.29 is 14.4 Å². The molecule has 1 heterocycles. The summed E-state index contributed by atoms with van der Waals surface area (Å²) < 4.78 is 0. The third kappa shape index (κ3) is 3.30. The molecule has 1 N–H and O–H groups in total. The quantitative estimate of drug-likeness (QED) is 0.775. The molecule has 2 aromatic rings. The molecule has 0 radical (unpaired) electrons. The second kappa shape index (κ2) is 7.27. The van der Waals surface area contributed by atoms with E-state index in [0.29, 0.717) is 5.02 Å². The van der Waals surface area contributed by atoms with Crippen molar-refractivity contribution in [2.75, 3.05) is 0 Å². The zero-order valence-corrected chi connectivity index (χ0v) is 15.8. The third-order valence-electron chi connectivity index (χ3n) is 4.14. The zero-order valence-electron chi connectivity index (χ0n) is 13.6. The summed E-state index contributed by atoms with van der Waals surface area (Å²) in [7, 11) is 0. The first-order valence-electron chi connectivity index (χ1n) is 7.69. The van der Waals surface area contributed by atoms with Crippen LogP contribution in [0.2, 0.25) is 15.1 Å². The van der Waals surface area contributed by atoms with Crippen LogP contribution < -0.4 is 5.32 Å². The standard InChI is InChI=1S/C18H13Cl3N2O3/c1-9(16(24)22-8-10-4-2-3-5-13(10)19)23-17(25)11-6-14(20)15(21)7-12(11)18(23)26/h2-7,9H,8H2,1H3,(H,22,24). The average Bonchev–Trinajstić information content (AvgIpc) is 2.84. The zero-order chi connectivity index (χ0) is 19.0. The number of fused-ring (bicyclic) bond motifs is 1. The Bertz CT molecular complexity index is 889. The van der Waals surface area contributed by atoms with Crippen LogP contribution in [0, 0.1) is 0 Å². The Kier molecular flexibility index (Phi) is 5.23. The predicted molar refractivity (Wildman–Crippen MR) is 99.7 cm³/mol. The van der Waals surface area contributed by atoms with E-state index >= 15 is 0 Å². The fourth-order valence-corrected chi connectivity index (χ4v) is 3.22. The summed E-state index contributed by atoms with van der Waals surface area (Å²) in [5.41, 5.74) is 1.00. The van der Waals surface area contributed by atoms with Gasteiger partial charge in [0.1, 0.15) is 6.04 Å². The highest BCUT2D eigenvalue weighted by Crippen LogP contribution is 2.32. The summed E-state index contributed by atoms with van der Waals surface area (Å²) in [6, 6.07) is 8.76. The number of nitrogens with zero attached hydrogens (tertiary/aromatic N) is 1. The van der Waals surface area contributed by atoms with Crippen LogP contribution >= 0.6 is 34.8 Å². The van der Waals surface area contributed by atoms with Gasteiger partial charge in [-0.15, -0.1) is 0 Å². The van der Waals surface area contributed by atoms with Gasteiger partial charge in [-0.3, -0.25) is 19.3 Å². The molecule has 0 saturated heterocycles. The van der Waals surface area contributed by atoms with E-state index in [1.54, 1.807) is 24.3 Å². The van der Waals surface area contributed by atoms with Gasteiger partial charge in [-0.25, -0.2) is 0 Å². The molecule has 0 spiro atoms. The van der Waals surface area contributed by atoms with Crippen molar-refractivity contribution in [2.45, 2.75) is 19.5 Å². The second-order valence-corrected chi connectivity index (χ2v) is 7.00. The predicted octanol–water partition coefficient (Wildman–Crippen LogP) is 3.95. The number of benzene rings is 2. The molecule has 2 aromatic carbocycles. The number of hydrogen-bond donors (Lipinski definition) is 1. The van der Waals surface area contributed by atoms with E-state index < -0.39 is 23.8 Å². The molecule has 0 saturated carbocycles. The summed E-state index contributed by atoms with van der Waals surface area (Å²) in [6.07, 6.45) is 0. The molecule has 0 fully saturated rings. The third-order valence-corrected chi connectivity index (χ3v) is 5.23. The Balaban J connectivity index is 1.76. The summed E-state index contributed by atoms with van der Waals surface area (Å²) in [5, 5.41) is 3.55. The summed E-state index contributed by atoms with van der Waals surface area (Å²) in [4.78, 5) is 38.4. The van der Waals surface area contributed by atoms with Gasteiger partial charge >= 0.3 is 0 Å². The van der Waals surface area contributed by atoms with E-state index in [9.17, 15) is 14.4 Å². The Morgan fingerprint density at radius 1 is 1.00 bits per heavy atom. The highest BCUT2D eigenvalue weighted by Gasteiger charge is 2.41. The van der Waals surface area contributed by atoms with Crippen LogP contribution in [-0.4, -0.2) is 28.7 Å². The van der Waals surface area contributed by atoms with Gasteiger partial charge in [0.2, 0.25) is 5.91 Å². The van der Waals surface area contributed by atoms with Gasteiger partial charge in [-0.1, -0.05) is 53.0 Å². The maximum absolute atomic E-state index is 12.5. The lowest BCUT2D eigenvalue weighted by Gasteiger charge is -2.21. The van der Waals surface area contributed by atoms with Crippen molar-refractivity contribution in [3.63, 3.8) is 0 Å². The van der Waals surface area contributed by atoms with E-state index in [1.807, 2.05) is 0 Å². The van der Waals surface area contributed by atoms with Crippen molar-refractivity contribution >= 4 is 52.5 Å².